The minimum Gasteiger partial charge on any atom is -0.410 e. The Bertz CT molecular complexity index is 849. The van der Waals surface area contributed by atoms with Crippen LogP contribution in [-0.2, 0) is 12.8 Å². The Balaban J connectivity index is 2.58. The fraction of sp³-hybridized carbons (Fsp3) is 0.235. The van der Waals surface area contributed by atoms with Crippen molar-refractivity contribution in [3.63, 3.8) is 0 Å². The molecular formula is C17H17NOS. The van der Waals surface area contributed by atoms with Crippen molar-refractivity contribution in [1.29, 1.82) is 0 Å². The van der Waals surface area contributed by atoms with Crippen LogP contribution in [0.2, 0.25) is 0 Å². The Labute approximate surface area is 122 Å². The second kappa shape index (κ2) is 5.25. The molecule has 0 unspecified atom stereocenters. The molecule has 3 rings (SSSR count). The van der Waals surface area contributed by atoms with Gasteiger partial charge in [-0.3, -0.25) is 0 Å². The van der Waals surface area contributed by atoms with Crippen LogP contribution in [0.1, 0.15) is 25.0 Å². The normalized spacial score (nSPS) is 12.4. The van der Waals surface area contributed by atoms with Gasteiger partial charge in [-0.1, -0.05) is 43.3 Å². The summed E-state index contributed by atoms with van der Waals surface area (Å²) in [7, 11) is 0. The van der Waals surface area contributed by atoms with Crippen LogP contribution in [0.5, 0.6) is 0 Å². The van der Waals surface area contributed by atoms with E-state index >= 15 is 0 Å². The second-order valence-electron chi connectivity index (χ2n) is 4.89. The van der Waals surface area contributed by atoms with Crippen LogP contribution in [0.25, 0.3) is 20.2 Å². The van der Waals surface area contributed by atoms with Crippen LogP contribution in [0.4, 0.5) is 0 Å². The summed E-state index contributed by atoms with van der Waals surface area (Å²) in [6, 6.07) is 12.5. The molecule has 0 atom stereocenters. The third-order valence-electron chi connectivity index (χ3n) is 3.72. The first-order chi connectivity index (χ1) is 9.78. The van der Waals surface area contributed by atoms with E-state index in [1.807, 2.05) is 18.2 Å². The van der Waals surface area contributed by atoms with Crippen molar-refractivity contribution in [2.75, 3.05) is 0 Å². The first-order valence-electron chi connectivity index (χ1n) is 6.94. The van der Waals surface area contributed by atoms with Crippen molar-refractivity contribution in [2.45, 2.75) is 26.7 Å². The minimum absolute atomic E-state index is 0.694. The van der Waals surface area contributed by atoms with Crippen molar-refractivity contribution < 1.29 is 5.21 Å². The molecule has 1 N–H and O–H groups in total. The van der Waals surface area contributed by atoms with Gasteiger partial charge in [-0.2, -0.15) is 0 Å². The van der Waals surface area contributed by atoms with Crippen molar-refractivity contribution in [1.82, 2.24) is 0 Å². The van der Waals surface area contributed by atoms with E-state index in [4.69, 9.17) is 0 Å². The maximum atomic E-state index is 9.49. The van der Waals surface area contributed by atoms with Crippen molar-refractivity contribution in [3.05, 3.63) is 52.9 Å². The summed E-state index contributed by atoms with van der Waals surface area (Å²) in [5, 5.41) is 15.8. The predicted octanol–water partition coefficient (Wildman–Crippen LogP) is 4.47. The molecule has 0 amide bonds. The smallest absolute Gasteiger partial charge is 0.119 e. The number of rotatable bonds is 2. The molecule has 0 aliphatic heterocycles. The number of nitrogens with zero attached hydrogens (tertiary/aromatic N) is 1. The molecule has 102 valence electrons. The Morgan fingerprint density at radius 2 is 1.85 bits per heavy atom. The fourth-order valence-electron chi connectivity index (χ4n) is 2.63. The van der Waals surface area contributed by atoms with Crippen LogP contribution in [-0.4, -0.2) is 5.21 Å². The highest BCUT2D eigenvalue weighted by Gasteiger charge is 2.09. The summed E-state index contributed by atoms with van der Waals surface area (Å²) in [6.45, 7) is 4.33. The van der Waals surface area contributed by atoms with Gasteiger partial charge in [-0.05, 0) is 36.1 Å². The molecule has 0 fully saturated rings. The lowest BCUT2D eigenvalue weighted by Crippen LogP contribution is -2.05. The first kappa shape index (κ1) is 13.1. The molecule has 1 heterocycles. The van der Waals surface area contributed by atoms with Gasteiger partial charge in [0.1, 0.15) is 5.36 Å². The quantitative estimate of drug-likeness (QED) is 0.420. The second-order valence-corrected chi connectivity index (χ2v) is 5.94. The molecule has 3 aromatic rings. The Morgan fingerprint density at radius 1 is 1.05 bits per heavy atom. The summed E-state index contributed by atoms with van der Waals surface area (Å²) < 4.78 is 2.39. The summed E-state index contributed by atoms with van der Waals surface area (Å²) >= 11 is 1.78. The number of hydrogen-bond acceptors (Lipinski definition) is 3. The van der Waals surface area contributed by atoms with Crippen LogP contribution in [0.3, 0.4) is 0 Å². The molecule has 0 aliphatic carbocycles. The lowest BCUT2D eigenvalue weighted by atomic mass is 10.0. The summed E-state index contributed by atoms with van der Waals surface area (Å²) in [5.41, 5.74) is 2.63. The van der Waals surface area contributed by atoms with Crippen LogP contribution in [0, 0.1) is 0 Å². The molecule has 0 spiro atoms. The Kier molecular flexibility index (Phi) is 3.45. The van der Waals surface area contributed by atoms with E-state index in [0.717, 1.165) is 28.3 Å². The van der Waals surface area contributed by atoms with Crippen LogP contribution in [0.15, 0.2) is 41.6 Å². The van der Waals surface area contributed by atoms with Crippen molar-refractivity contribution in [3.8, 4) is 0 Å². The highest BCUT2D eigenvalue weighted by atomic mass is 32.1. The average molecular weight is 283 g/mol. The van der Waals surface area contributed by atoms with E-state index in [0.29, 0.717) is 5.36 Å². The van der Waals surface area contributed by atoms with E-state index in [2.05, 4.69) is 37.2 Å². The SMILES string of the molecule is CCc1cc(CC)c2sc3ccccc3c(=NO)c2c1. The predicted molar refractivity (Wildman–Crippen MR) is 85.4 cm³/mol. The maximum absolute atomic E-state index is 9.49. The molecule has 0 aliphatic rings. The molecule has 2 nitrogen and oxygen atoms in total. The minimum atomic E-state index is 0.694. The van der Waals surface area contributed by atoms with Crippen LogP contribution < -0.4 is 5.36 Å². The van der Waals surface area contributed by atoms with Gasteiger partial charge in [-0.15, -0.1) is 11.3 Å². The number of hydrogen-bond donors (Lipinski definition) is 1. The standard InChI is InChI=1S/C17H17NOS/c1-3-11-9-12(4-2)17-14(10-11)16(18-19)13-7-5-6-8-15(13)20-17/h5-10,19H,3-4H2,1-2H3. The number of benzene rings is 2. The van der Waals surface area contributed by atoms with Gasteiger partial charge in [0.25, 0.3) is 0 Å². The van der Waals surface area contributed by atoms with Gasteiger partial charge in [0.05, 0.1) is 0 Å². The van der Waals surface area contributed by atoms with Crippen LogP contribution >= 0.6 is 11.3 Å². The van der Waals surface area contributed by atoms with Gasteiger partial charge in [0, 0.05) is 20.2 Å². The average Bonchev–Trinajstić information content (AvgIpc) is 2.51. The summed E-state index contributed by atoms with van der Waals surface area (Å²) in [4.78, 5) is 0. The van der Waals surface area contributed by atoms with Gasteiger partial charge in [0.2, 0.25) is 0 Å². The third-order valence-corrected chi connectivity index (χ3v) is 4.99. The zero-order chi connectivity index (χ0) is 14.1. The van der Waals surface area contributed by atoms with E-state index in [1.54, 1.807) is 11.3 Å². The molecule has 0 bridgehead atoms. The molecule has 3 heteroatoms. The van der Waals surface area contributed by atoms with E-state index in [1.165, 1.54) is 15.8 Å². The lowest BCUT2D eigenvalue weighted by Gasteiger charge is -2.09. The zero-order valence-corrected chi connectivity index (χ0v) is 12.5. The monoisotopic (exact) mass is 283 g/mol. The number of aryl methyl sites for hydroxylation is 2. The molecule has 0 saturated heterocycles. The highest BCUT2D eigenvalue weighted by Crippen LogP contribution is 2.29. The molecule has 0 saturated carbocycles. The largest absolute Gasteiger partial charge is 0.410 e. The highest BCUT2D eigenvalue weighted by molar-refractivity contribution is 7.24. The lowest BCUT2D eigenvalue weighted by molar-refractivity contribution is 0.304. The van der Waals surface area contributed by atoms with Gasteiger partial charge < -0.3 is 5.21 Å². The van der Waals surface area contributed by atoms with E-state index in [9.17, 15) is 5.21 Å². The van der Waals surface area contributed by atoms with E-state index in [-0.39, 0.29) is 0 Å². The van der Waals surface area contributed by atoms with Crippen molar-refractivity contribution >= 4 is 31.5 Å². The molecule has 1 aromatic heterocycles. The molecule has 2 aromatic carbocycles. The topological polar surface area (TPSA) is 32.6 Å². The van der Waals surface area contributed by atoms with Crippen molar-refractivity contribution in [2.24, 2.45) is 5.16 Å². The number of fused-ring (bicyclic) bond motifs is 2. The van der Waals surface area contributed by atoms with Gasteiger partial charge in [0.15, 0.2) is 0 Å². The maximum Gasteiger partial charge on any atom is 0.119 e. The first-order valence-corrected chi connectivity index (χ1v) is 7.75. The van der Waals surface area contributed by atoms with Gasteiger partial charge in [-0.25, -0.2) is 0 Å². The fourth-order valence-corrected chi connectivity index (χ4v) is 3.87. The Morgan fingerprint density at radius 3 is 2.55 bits per heavy atom. The Hall–Kier alpha value is -1.87. The molecular weight excluding hydrogens is 266 g/mol. The summed E-state index contributed by atoms with van der Waals surface area (Å²) in [6.07, 6.45) is 1.98. The molecule has 20 heavy (non-hydrogen) atoms. The zero-order valence-electron chi connectivity index (χ0n) is 11.7. The van der Waals surface area contributed by atoms with E-state index < -0.39 is 0 Å². The molecule has 0 radical (unpaired) electrons. The van der Waals surface area contributed by atoms with Gasteiger partial charge >= 0.3 is 0 Å². The summed E-state index contributed by atoms with van der Waals surface area (Å²) in [5.74, 6) is 0. The third kappa shape index (κ3) is 1.98.